The molecule has 0 aromatic heterocycles. The zero-order valence-corrected chi connectivity index (χ0v) is 7.60. The minimum atomic E-state index is 0.771. The molecular formula is C7H13BrN2. The Morgan fingerprint density at radius 2 is 2.30 bits per heavy atom. The van der Waals surface area contributed by atoms with E-state index in [1.807, 2.05) is 0 Å². The zero-order chi connectivity index (χ0) is 6.97. The highest BCUT2D eigenvalue weighted by Crippen LogP contribution is 2.26. The number of hydrogen-bond acceptors (Lipinski definition) is 2. The summed E-state index contributed by atoms with van der Waals surface area (Å²) in [5.74, 6) is 0.910. The van der Waals surface area contributed by atoms with Crippen molar-refractivity contribution in [2.24, 2.45) is 5.92 Å². The first kappa shape index (κ1) is 7.07. The smallest absolute Gasteiger partial charge is 0.0250 e. The summed E-state index contributed by atoms with van der Waals surface area (Å²) < 4.78 is 2.25. The van der Waals surface area contributed by atoms with Gasteiger partial charge in [-0.1, -0.05) is 0 Å². The fourth-order valence-electron chi connectivity index (χ4n) is 1.99. The quantitative estimate of drug-likeness (QED) is 0.593. The number of rotatable bonds is 0. The van der Waals surface area contributed by atoms with Crippen molar-refractivity contribution < 1.29 is 0 Å². The number of nitrogens with zero attached hydrogens (tertiary/aromatic N) is 1. The Labute approximate surface area is 70.3 Å². The van der Waals surface area contributed by atoms with Gasteiger partial charge in [-0.3, -0.25) is 0 Å². The van der Waals surface area contributed by atoms with E-state index in [-0.39, 0.29) is 0 Å². The molecule has 2 atom stereocenters. The molecule has 10 heavy (non-hydrogen) atoms. The number of piperidine rings is 1. The minimum absolute atomic E-state index is 0.771. The third-order valence-corrected chi connectivity index (χ3v) is 3.13. The van der Waals surface area contributed by atoms with Crippen molar-refractivity contribution in [1.29, 1.82) is 0 Å². The molecule has 2 rings (SSSR count). The van der Waals surface area contributed by atoms with Crippen LogP contribution in [0.3, 0.4) is 0 Å². The van der Waals surface area contributed by atoms with Crippen molar-refractivity contribution in [3.8, 4) is 0 Å². The van der Waals surface area contributed by atoms with E-state index in [2.05, 4.69) is 25.4 Å². The van der Waals surface area contributed by atoms with E-state index in [9.17, 15) is 0 Å². The lowest BCUT2D eigenvalue weighted by molar-refractivity contribution is 0.339. The number of nitrogens with one attached hydrogen (secondary N) is 1. The van der Waals surface area contributed by atoms with Gasteiger partial charge in [0.15, 0.2) is 0 Å². The van der Waals surface area contributed by atoms with Gasteiger partial charge in [0.2, 0.25) is 0 Å². The van der Waals surface area contributed by atoms with Gasteiger partial charge in [-0.25, -0.2) is 3.93 Å². The van der Waals surface area contributed by atoms with E-state index in [1.165, 1.54) is 32.5 Å². The Bertz CT molecular complexity index is 115. The molecule has 3 heteroatoms. The van der Waals surface area contributed by atoms with Crippen molar-refractivity contribution in [3.63, 3.8) is 0 Å². The first-order chi connectivity index (χ1) is 4.86. The Kier molecular flexibility index (Phi) is 1.98. The molecule has 0 unspecified atom stereocenters. The van der Waals surface area contributed by atoms with Crippen LogP contribution in [0.15, 0.2) is 0 Å². The Hall–Kier alpha value is 0.400. The first-order valence-electron chi connectivity index (χ1n) is 4.00. The summed E-state index contributed by atoms with van der Waals surface area (Å²) in [6, 6.07) is 0.771. The monoisotopic (exact) mass is 204 g/mol. The van der Waals surface area contributed by atoms with Crippen LogP contribution in [-0.4, -0.2) is 29.6 Å². The average Bonchev–Trinajstić information content (AvgIpc) is 2.27. The number of hydrogen-bond donors (Lipinski definition) is 1. The maximum atomic E-state index is 3.54. The lowest BCUT2D eigenvalue weighted by Crippen LogP contribution is -2.40. The molecule has 0 spiro atoms. The van der Waals surface area contributed by atoms with Gasteiger partial charge in [0.1, 0.15) is 0 Å². The molecule has 0 aromatic rings. The predicted octanol–water partition coefficient (Wildman–Crippen LogP) is 0.980. The zero-order valence-electron chi connectivity index (χ0n) is 6.02. The van der Waals surface area contributed by atoms with Gasteiger partial charge in [0.25, 0.3) is 0 Å². The van der Waals surface area contributed by atoms with Crippen molar-refractivity contribution in [2.45, 2.75) is 18.9 Å². The topological polar surface area (TPSA) is 15.3 Å². The van der Waals surface area contributed by atoms with Crippen LogP contribution in [0, 0.1) is 5.92 Å². The largest absolute Gasteiger partial charge is 0.312 e. The predicted molar refractivity (Wildman–Crippen MR) is 45.0 cm³/mol. The van der Waals surface area contributed by atoms with Crippen molar-refractivity contribution in [2.75, 3.05) is 19.6 Å². The van der Waals surface area contributed by atoms with Gasteiger partial charge in [-0.15, -0.1) is 0 Å². The molecule has 0 saturated carbocycles. The normalized spacial score (nSPS) is 41.7. The molecule has 2 aliphatic rings. The second kappa shape index (κ2) is 2.80. The van der Waals surface area contributed by atoms with Crippen LogP contribution in [0.25, 0.3) is 0 Å². The van der Waals surface area contributed by atoms with Gasteiger partial charge in [-0.2, -0.15) is 0 Å². The average molecular weight is 205 g/mol. The Balaban J connectivity index is 1.97. The molecular weight excluding hydrogens is 192 g/mol. The van der Waals surface area contributed by atoms with Crippen molar-refractivity contribution >= 4 is 16.1 Å². The highest BCUT2D eigenvalue weighted by Gasteiger charge is 2.32. The number of fused-ring (bicyclic) bond motifs is 1. The standard InChI is InChI=1S/C7H13BrN2/c8-10-4-6-2-1-3-9-7(6)5-10/h6-7,9H,1-5H2/t6-,7+/m0/s1. The molecule has 0 radical (unpaired) electrons. The van der Waals surface area contributed by atoms with E-state index in [0.717, 1.165) is 12.0 Å². The van der Waals surface area contributed by atoms with Gasteiger partial charge in [-0.05, 0) is 25.3 Å². The second-order valence-electron chi connectivity index (χ2n) is 3.29. The molecule has 0 amide bonds. The van der Waals surface area contributed by atoms with Crippen LogP contribution in [-0.2, 0) is 0 Å². The van der Waals surface area contributed by atoms with Crippen LogP contribution >= 0.6 is 16.1 Å². The Morgan fingerprint density at radius 1 is 1.40 bits per heavy atom. The SMILES string of the molecule is BrN1C[C@@H]2CCCN[C@@H]2C1. The van der Waals surface area contributed by atoms with Crippen molar-refractivity contribution in [3.05, 3.63) is 0 Å². The van der Waals surface area contributed by atoms with Crippen LogP contribution in [0.2, 0.25) is 0 Å². The van der Waals surface area contributed by atoms with Gasteiger partial charge in [0, 0.05) is 35.3 Å². The summed E-state index contributed by atoms with van der Waals surface area (Å²) in [5, 5.41) is 3.54. The number of halogens is 1. The summed E-state index contributed by atoms with van der Waals surface area (Å²) >= 11 is 3.52. The second-order valence-corrected chi connectivity index (χ2v) is 4.29. The third-order valence-electron chi connectivity index (χ3n) is 2.55. The maximum Gasteiger partial charge on any atom is 0.0250 e. The molecule has 0 aromatic carbocycles. The van der Waals surface area contributed by atoms with Crippen molar-refractivity contribution in [1.82, 2.24) is 9.24 Å². The molecule has 2 fully saturated rings. The molecule has 2 saturated heterocycles. The van der Waals surface area contributed by atoms with Crippen LogP contribution in [0.1, 0.15) is 12.8 Å². The van der Waals surface area contributed by atoms with Gasteiger partial charge in [0.05, 0.1) is 0 Å². The summed E-state index contributed by atoms with van der Waals surface area (Å²) in [6.45, 7) is 3.64. The summed E-state index contributed by atoms with van der Waals surface area (Å²) in [5.41, 5.74) is 0. The maximum absolute atomic E-state index is 3.54. The van der Waals surface area contributed by atoms with E-state index in [0.29, 0.717) is 0 Å². The molecule has 0 aliphatic carbocycles. The van der Waals surface area contributed by atoms with Crippen LogP contribution in [0.5, 0.6) is 0 Å². The van der Waals surface area contributed by atoms with E-state index < -0.39 is 0 Å². The lowest BCUT2D eigenvalue weighted by Gasteiger charge is -2.24. The highest BCUT2D eigenvalue weighted by molar-refractivity contribution is 9.07. The van der Waals surface area contributed by atoms with Crippen LogP contribution in [0.4, 0.5) is 0 Å². The molecule has 0 bridgehead atoms. The molecule has 2 aliphatic heterocycles. The summed E-state index contributed by atoms with van der Waals surface area (Å²) in [6.07, 6.45) is 2.78. The van der Waals surface area contributed by atoms with E-state index in [4.69, 9.17) is 0 Å². The van der Waals surface area contributed by atoms with E-state index in [1.54, 1.807) is 0 Å². The summed E-state index contributed by atoms with van der Waals surface area (Å²) in [4.78, 5) is 0. The molecule has 2 nitrogen and oxygen atoms in total. The van der Waals surface area contributed by atoms with Gasteiger partial charge < -0.3 is 5.32 Å². The molecule has 1 N–H and O–H groups in total. The highest BCUT2D eigenvalue weighted by atomic mass is 79.9. The fourth-order valence-corrected chi connectivity index (χ4v) is 2.68. The van der Waals surface area contributed by atoms with E-state index >= 15 is 0 Å². The molecule has 58 valence electrons. The minimum Gasteiger partial charge on any atom is -0.312 e. The Morgan fingerprint density at radius 3 is 3.10 bits per heavy atom. The summed E-state index contributed by atoms with van der Waals surface area (Å²) in [7, 11) is 0. The van der Waals surface area contributed by atoms with Gasteiger partial charge >= 0.3 is 0 Å². The first-order valence-corrected chi connectivity index (χ1v) is 4.71. The fraction of sp³-hybridized carbons (Fsp3) is 1.00. The molecule has 2 heterocycles. The van der Waals surface area contributed by atoms with Crippen LogP contribution < -0.4 is 5.32 Å². The third kappa shape index (κ3) is 1.22. The lowest BCUT2D eigenvalue weighted by atomic mass is 9.94.